The third-order valence-electron chi connectivity index (χ3n) is 5.16. The molecule has 2 heterocycles. The number of hydrogen-bond acceptors (Lipinski definition) is 10. The summed E-state index contributed by atoms with van der Waals surface area (Å²) in [5.41, 5.74) is -4.12. The number of aromatic nitrogens is 1. The molecule has 1 fully saturated rings. The van der Waals surface area contributed by atoms with Gasteiger partial charge in [-0.1, -0.05) is 6.07 Å². The fourth-order valence-corrected chi connectivity index (χ4v) is 3.33. The van der Waals surface area contributed by atoms with Gasteiger partial charge in [-0.25, -0.2) is 9.59 Å². The summed E-state index contributed by atoms with van der Waals surface area (Å²) < 4.78 is 0. The Bertz CT molecular complexity index is 913. The molecule has 8 N–H and O–H groups in total. The highest BCUT2D eigenvalue weighted by molar-refractivity contribution is 5.88. The Balaban J connectivity index is 0.000000540. The molecule has 1 saturated heterocycles. The van der Waals surface area contributed by atoms with Crippen LogP contribution in [0, 0.1) is 0 Å². The van der Waals surface area contributed by atoms with Crippen LogP contribution in [0.25, 0.3) is 0 Å². The smallest absolute Gasteiger partial charge is 0.336 e. The molecule has 0 amide bonds. The molecule has 1 atom stereocenters. The predicted molar refractivity (Wildman–Crippen MR) is 123 cm³/mol. The van der Waals surface area contributed by atoms with Crippen LogP contribution in [-0.4, -0.2) is 111 Å². The maximum absolute atomic E-state index is 10.3. The first kappa shape index (κ1) is 33.8. The second-order valence-electron chi connectivity index (χ2n) is 8.38. The second-order valence-corrected chi connectivity index (χ2v) is 8.38. The van der Waals surface area contributed by atoms with Gasteiger partial charge in [0.1, 0.15) is 0 Å². The van der Waals surface area contributed by atoms with E-state index in [1.165, 1.54) is 24.9 Å². The highest BCUT2D eigenvalue weighted by Gasteiger charge is 2.41. The van der Waals surface area contributed by atoms with Gasteiger partial charge < -0.3 is 40.9 Å². The van der Waals surface area contributed by atoms with E-state index in [4.69, 9.17) is 40.9 Å². The maximum atomic E-state index is 10.3. The molecule has 0 aromatic carbocycles. The molecule has 0 spiro atoms. The molecule has 1 aromatic rings. The molecule has 2 rings (SSSR count). The van der Waals surface area contributed by atoms with Crippen molar-refractivity contribution in [2.45, 2.75) is 55.8 Å². The molecule has 0 bridgehead atoms. The lowest BCUT2D eigenvalue weighted by molar-refractivity contribution is -0.170. The molecule has 16 heteroatoms. The fraction of sp³-hybridized carbons (Fsp3) is 0.500. The van der Waals surface area contributed by atoms with E-state index in [1.54, 1.807) is 0 Å². The zero-order valence-corrected chi connectivity index (χ0v) is 20.3. The minimum atomic E-state index is -2.74. The Morgan fingerprint density at radius 3 is 1.45 bits per heavy atom. The van der Waals surface area contributed by atoms with Crippen LogP contribution in [0.3, 0.4) is 0 Å². The van der Waals surface area contributed by atoms with Crippen molar-refractivity contribution in [3.05, 3.63) is 30.1 Å². The van der Waals surface area contributed by atoms with Crippen LogP contribution in [0.4, 0.5) is 0 Å². The molecule has 0 radical (unpaired) electrons. The molecule has 0 aliphatic carbocycles. The highest BCUT2D eigenvalue weighted by Crippen LogP contribution is 2.29. The summed E-state index contributed by atoms with van der Waals surface area (Å²) in [6.07, 6.45) is 1.83. The second kappa shape index (κ2) is 15.2. The third-order valence-corrected chi connectivity index (χ3v) is 5.16. The van der Waals surface area contributed by atoms with E-state index in [0.29, 0.717) is 6.04 Å². The lowest BCUT2D eigenvalue weighted by Crippen LogP contribution is -2.42. The first-order valence-corrected chi connectivity index (χ1v) is 10.8. The molecular formula is C22H30N2O14. The summed E-state index contributed by atoms with van der Waals surface area (Å²) in [6, 6.07) is 4.79. The van der Waals surface area contributed by atoms with Gasteiger partial charge in [0.15, 0.2) is 11.2 Å². The summed E-state index contributed by atoms with van der Waals surface area (Å²) in [4.78, 5) is 67.5. The summed E-state index contributed by atoms with van der Waals surface area (Å²) in [5, 5.41) is 67.6. The minimum absolute atomic E-state index is 0.610. The summed E-state index contributed by atoms with van der Waals surface area (Å²) in [7, 11) is 2.19. The Morgan fingerprint density at radius 2 is 1.21 bits per heavy atom. The van der Waals surface area contributed by atoms with Crippen LogP contribution in [0.2, 0.25) is 0 Å². The van der Waals surface area contributed by atoms with Crippen LogP contribution in [-0.2, 0) is 28.8 Å². The van der Waals surface area contributed by atoms with Crippen molar-refractivity contribution in [2.75, 3.05) is 13.6 Å². The van der Waals surface area contributed by atoms with Crippen molar-refractivity contribution in [1.82, 2.24) is 9.88 Å². The van der Waals surface area contributed by atoms with Gasteiger partial charge in [-0.15, -0.1) is 0 Å². The molecule has 16 nitrogen and oxygen atoms in total. The Hall–Kier alpha value is -4.15. The minimum Gasteiger partial charge on any atom is -0.481 e. The highest BCUT2D eigenvalue weighted by atomic mass is 16.4. The van der Waals surface area contributed by atoms with Crippen molar-refractivity contribution in [1.29, 1.82) is 0 Å². The number of hydrogen-bond donors (Lipinski definition) is 8. The normalized spacial score (nSPS) is 15.2. The Labute approximate surface area is 215 Å². The molecule has 1 aromatic heterocycles. The molecule has 38 heavy (non-hydrogen) atoms. The van der Waals surface area contributed by atoms with E-state index < -0.39 is 72.7 Å². The number of likely N-dealkylation sites (tertiary alicyclic amines) is 1. The standard InChI is InChI=1S/C10H14N2.2C6H8O7/c1-12-7-3-5-10(12)9-4-2-6-11-8-9;2*7-3(8)1-6(13,5(11)12)2-4(9)10/h2,4,6,8,10H,3,5,7H2,1H3;2*13H,1-2H2,(H,7,8)(H,9,10)(H,11,12)/t10-;;/m1../s1. The van der Waals surface area contributed by atoms with Gasteiger partial charge in [0.25, 0.3) is 0 Å². The topological polar surface area (TPSA) is 280 Å². The SMILES string of the molecule is CN1CCC[C@@H]1c1cccnc1.O=C(O)CC(O)(CC(=O)O)C(=O)O.O=C(O)CC(O)(CC(=O)O)C(=O)O. The lowest BCUT2D eigenvalue weighted by Gasteiger charge is -2.18. The van der Waals surface area contributed by atoms with Gasteiger partial charge in [0, 0.05) is 18.4 Å². The zero-order chi connectivity index (χ0) is 29.7. The Kier molecular flexibility index (Phi) is 13.5. The molecular weight excluding hydrogens is 516 g/mol. The molecule has 1 aliphatic heterocycles. The van der Waals surface area contributed by atoms with Gasteiger partial charge >= 0.3 is 35.8 Å². The average molecular weight is 546 g/mol. The van der Waals surface area contributed by atoms with E-state index in [2.05, 4.69) is 23.0 Å². The fourth-order valence-electron chi connectivity index (χ4n) is 3.33. The number of carbonyl (C=O) groups is 6. The number of carboxylic acid groups (broad SMARTS) is 6. The van der Waals surface area contributed by atoms with Crippen molar-refractivity contribution in [3.63, 3.8) is 0 Å². The number of nitrogens with zero attached hydrogens (tertiary/aromatic N) is 2. The van der Waals surface area contributed by atoms with Gasteiger partial charge in [0.2, 0.25) is 0 Å². The van der Waals surface area contributed by atoms with Crippen LogP contribution in [0.15, 0.2) is 24.5 Å². The average Bonchev–Trinajstić information content (AvgIpc) is 3.18. The summed E-state index contributed by atoms with van der Waals surface area (Å²) >= 11 is 0. The molecule has 212 valence electrons. The lowest BCUT2D eigenvalue weighted by atomic mass is 9.96. The third kappa shape index (κ3) is 12.2. The number of aliphatic carboxylic acids is 6. The molecule has 0 unspecified atom stereocenters. The number of carboxylic acids is 6. The maximum Gasteiger partial charge on any atom is 0.336 e. The van der Waals surface area contributed by atoms with Crippen LogP contribution < -0.4 is 0 Å². The molecule has 0 saturated carbocycles. The van der Waals surface area contributed by atoms with Crippen LogP contribution in [0.1, 0.15) is 50.1 Å². The van der Waals surface area contributed by atoms with Crippen molar-refractivity contribution < 1.29 is 69.6 Å². The predicted octanol–water partition coefficient (Wildman–Crippen LogP) is -0.649. The van der Waals surface area contributed by atoms with Gasteiger partial charge in [-0.2, -0.15) is 0 Å². The van der Waals surface area contributed by atoms with E-state index in [0.717, 1.165) is 0 Å². The molecule has 1 aliphatic rings. The zero-order valence-electron chi connectivity index (χ0n) is 20.3. The van der Waals surface area contributed by atoms with E-state index in [-0.39, 0.29) is 0 Å². The van der Waals surface area contributed by atoms with Gasteiger partial charge in [0.05, 0.1) is 25.7 Å². The van der Waals surface area contributed by atoms with Crippen molar-refractivity contribution in [3.8, 4) is 0 Å². The van der Waals surface area contributed by atoms with Gasteiger partial charge in [-0.05, 0) is 38.1 Å². The first-order valence-electron chi connectivity index (χ1n) is 10.8. The largest absolute Gasteiger partial charge is 0.481 e. The number of rotatable bonds is 11. The monoisotopic (exact) mass is 546 g/mol. The van der Waals surface area contributed by atoms with Crippen molar-refractivity contribution >= 4 is 35.8 Å². The van der Waals surface area contributed by atoms with Gasteiger partial charge in [-0.3, -0.25) is 29.1 Å². The van der Waals surface area contributed by atoms with Crippen LogP contribution >= 0.6 is 0 Å². The van der Waals surface area contributed by atoms with E-state index in [9.17, 15) is 28.8 Å². The summed E-state index contributed by atoms with van der Waals surface area (Å²) in [5.74, 6) is -10.0. The van der Waals surface area contributed by atoms with E-state index in [1.807, 2.05) is 18.5 Å². The van der Waals surface area contributed by atoms with Crippen LogP contribution in [0.5, 0.6) is 0 Å². The Morgan fingerprint density at radius 1 is 0.816 bits per heavy atom. The first-order chi connectivity index (χ1) is 17.4. The quantitative estimate of drug-likeness (QED) is 0.171. The number of pyridine rings is 1. The number of aliphatic hydroxyl groups is 2. The summed E-state index contributed by atoms with van der Waals surface area (Å²) in [6.45, 7) is 1.22. The van der Waals surface area contributed by atoms with E-state index >= 15 is 0 Å². The van der Waals surface area contributed by atoms with Crippen molar-refractivity contribution in [2.24, 2.45) is 0 Å².